The van der Waals surface area contributed by atoms with Gasteiger partial charge in [-0.1, -0.05) is 13.8 Å². The van der Waals surface area contributed by atoms with Crippen molar-refractivity contribution in [1.29, 1.82) is 0 Å². The van der Waals surface area contributed by atoms with Gasteiger partial charge in [0.25, 0.3) is 10.2 Å². The summed E-state index contributed by atoms with van der Waals surface area (Å²) in [4.78, 5) is 0. The Kier molecular flexibility index (Phi) is 6.63. The molecule has 0 saturated carbocycles. The van der Waals surface area contributed by atoms with Crippen LogP contribution in [0.15, 0.2) is 6.20 Å². The van der Waals surface area contributed by atoms with Crippen LogP contribution in [-0.2, 0) is 17.3 Å². The van der Waals surface area contributed by atoms with E-state index in [9.17, 15) is 8.42 Å². The van der Waals surface area contributed by atoms with Crippen molar-refractivity contribution in [3.05, 3.63) is 11.9 Å². The molecule has 1 unspecified atom stereocenters. The number of nitrogens with one attached hydrogen (secondary N) is 1. The van der Waals surface area contributed by atoms with Crippen molar-refractivity contribution < 1.29 is 13.2 Å². The fourth-order valence-corrected chi connectivity index (χ4v) is 3.70. The van der Waals surface area contributed by atoms with Crippen molar-refractivity contribution in [1.82, 2.24) is 18.8 Å². The summed E-state index contributed by atoms with van der Waals surface area (Å²) in [5.74, 6) is 0.574. The van der Waals surface area contributed by atoms with E-state index in [0.29, 0.717) is 24.5 Å². The molecule has 0 spiro atoms. The van der Waals surface area contributed by atoms with E-state index in [1.165, 1.54) is 4.31 Å². The highest BCUT2D eigenvalue weighted by molar-refractivity contribution is 7.87. The number of methoxy groups -OCH3 is 1. The first-order chi connectivity index (χ1) is 9.85. The molecule has 0 aliphatic rings. The van der Waals surface area contributed by atoms with E-state index in [0.717, 1.165) is 12.8 Å². The maximum atomic E-state index is 12.4. The second kappa shape index (κ2) is 7.77. The van der Waals surface area contributed by atoms with Gasteiger partial charge in [-0.05, 0) is 19.8 Å². The summed E-state index contributed by atoms with van der Waals surface area (Å²) in [5, 5.41) is 4.26. The van der Waals surface area contributed by atoms with Gasteiger partial charge in [0.2, 0.25) is 0 Å². The zero-order valence-corrected chi connectivity index (χ0v) is 14.3. The van der Waals surface area contributed by atoms with Crippen molar-refractivity contribution in [2.45, 2.75) is 39.7 Å². The van der Waals surface area contributed by atoms with Gasteiger partial charge in [0.15, 0.2) is 5.75 Å². The molecule has 0 fully saturated rings. The van der Waals surface area contributed by atoms with Gasteiger partial charge in [-0.25, -0.2) is 0 Å². The van der Waals surface area contributed by atoms with E-state index in [2.05, 4.69) is 9.82 Å². The average Bonchev–Trinajstić information content (AvgIpc) is 2.79. The molecule has 7 nitrogen and oxygen atoms in total. The Hall–Kier alpha value is -1.12. The van der Waals surface area contributed by atoms with Crippen LogP contribution in [0, 0.1) is 0 Å². The van der Waals surface area contributed by atoms with Crippen LogP contribution in [-0.4, -0.2) is 42.7 Å². The molecule has 0 aliphatic heterocycles. The van der Waals surface area contributed by atoms with Crippen molar-refractivity contribution in [2.24, 2.45) is 7.05 Å². The summed E-state index contributed by atoms with van der Waals surface area (Å²) in [7, 11) is -0.216. The lowest BCUT2D eigenvalue weighted by Gasteiger charge is -2.23. The third-order valence-corrected chi connectivity index (χ3v) is 4.76. The second-order valence-corrected chi connectivity index (χ2v) is 6.70. The third kappa shape index (κ3) is 4.69. The maximum Gasteiger partial charge on any atom is 0.280 e. The maximum absolute atomic E-state index is 12.4. The van der Waals surface area contributed by atoms with Crippen LogP contribution in [0.4, 0.5) is 0 Å². The lowest BCUT2D eigenvalue weighted by atomic mass is 10.2. The zero-order chi connectivity index (χ0) is 16.0. The Balaban J connectivity index is 2.90. The molecule has 1 aromatic rings. The molecule has 1 N–H and O–H groups in total. The molecule has 122 valence electrons. The molecule has 0 aromatic carbocycles. The molecular weight excluding hydrogens is 292 g/mol. The molecule has 0 saturated heterocycles. The fourth-order valence-electron chi connectivity index (χ4n) is 2.15. The number of ether oxygens (including phenoxy) is 1. The number of hydrogen-bond donors (Lipinski definition) is 1. The molecular formula is C13H26N4O3S. The predicted octanol–water partition coefficient (Wildman–Crippen LogP) is 1.45. The van der Waals surface area contributed by atoms with E-state index in [1.807, 2.05) is 13.8 Å². The Morgan fingerprint density at radius 1 is 1.38 bits per heavy atom. The third-order valence-electron chi connectivity index (χ3n) is 3.06. The zero-order valence-electron chi connectivity index (χ0n) is 13.5. The van der Waals surface area contributed by atoms with Gasteiger partial charge in [0.1, 0.15) is 5.69 Å². The number of nitrogens with zero attached hydrogens (tertiary/aromatic N) is 3. The molecule has 0 bridgehead atoms. The van der Waals surface area contributed by atoms with Crippen molar-refractivity contribution >= 4 is 10.2 Å². The minimum absolute atomic E-state index is 0.456. The Bertz CT molecular complexity index is 536. The van der Waals surface area contributed by atoms with E-state index in [1.54, 1.807) is 32.0 Å². The van der Waals surface area contributed by atoms with Crippen LogP contribution < -0.4 is 9.46 Å². The lowest BCUT2D eigenvalue weighted by molar-refractivity contribution is 0.390. The smallest absolute Gasteiger partial charge is 0.280 e. The van der Waals surface area contributed by atoms with Crippen molar-refractivity contribution in [2.75, 3.05) is 20.2 Å². The number of rotatable bonds is 9. The molecule has 21 heavy (non-hydrogen) atoms. The predicted molar refractivity (Wildman–Crippen MR) is 82.4 cm³/mol. The molecule has 8 heteroatoms. The summed E-state index contributed by atoms with van der Waals surface area (Å²) >= 11 is 0. The summed E-state index contributed by atoms with van der Waals surface area (Å²) in [6.45, 7) is 6.70. The molecule has 1 aromatic heterocycles. The summed E-state index contributed by atoms with van der Waals surface area (Å²) in [6, 6.07) is -0.456. The van der Waals surface area contributed by atoms with Crippen LogP contribution in [0.25, 0.3) is 0 Å². The average molecular weight is 318 g/mol. The topological polar surface area (TPSA) is 76.5 Å². The molecule has 1 atom stereocenters. The Morgan fingerprint density at radius 2 is 1.95 bits per heavy atom. The molecule has 0 radical (unpaired) electrons. The number of aromatic nitrogens is 2. The monoisotopic (exact) mass is 318 g/mol. The largest absolute Gasteiger partial charge is 0.493 e. The van der Waals surface area contributed by atoms with Crippen LogP contribution in [0.1, 0.15) is 45.3 Å². The molecule has 1 heterocycles. The minimum Gasteiger partial charge on any atom is -0.493 e. The number of hydrogen-bond acceptors (Lipinski definition) is 4. The molecule has 0 amide bonds. The van der Waals surface area contributed by atoms with Crippen LogP contribution in [0.2, 0.25) is 0 Å². The van der Waals surface area contributed by atoms with Gasteiger partial charge < -0.3 is 4.74 Å². The Morgan fingerprint density at radius 3 is 2.43 bits per heavy atom. The highest BCUT2D eigenvalue weighted by Crippen LogP contribution is 2.23. The van der Waals surface area contributed by atoms with Crippen LogP contribution >= 0.6 is 0 Å². The molecule has 1 rings (SSSR count). The first-order valence-corrected chi connectivity index (χ1v) is 8.64. The highest BCUT2D eigenvalue weighted by Gasteiger charge is 2.26. The summed E-state index contributed by atoms with van der Waals surface area (Å²) in [5.41, 5.74) is 0.580. The van der Waals surface area contributed by atoms with Crippen LogP contribution in [0.5, 0.6) is 5.75 Å². The minimum atomic E-state index is -3.53. The quantitative estimate of drug-likeness (QED) is 0.747. The standard InChI is InChI=1S/C13H26N4O3S/c1-6-8-17(9-7-2)21(18,19)15-11(3)13-12(20-5)10-16(4)14-13/h10-11,15H,6-9H2,1-5H3. The van der Waals surface area contributed by atoms with Crippen molar-refractivity contribution in [3.63, 3.8) is 0 Å². The lowest BCUT2D eigenvalue weighted by Crippen LogP contribution is -2.42. The van der Waals surface area contributed by atoms with Gasteiger partial charge in [0, 0.05) is 20.1 Å². The SMILES string of the molecule is CCCN(CCC)S(=O)(=O)NC(C)c1nn(C)cc1OC. The van der Waals surface area contributed by atoms with E-state index < -0.39 is 16.3 Å². The van der Waals surface area contributed by atoms with E-state index >= 15 is 0 Å². The second-order valence-electron chi connectivity index (χ2n) is 5.00. The van der Waals surface area contributed by atoms with Gasteiger partial charge >= 0.3 is 0 Å². The highest BCUT2D eigenvalue weighted by atomic mass is 32.2. The van der Waals surface area contributed by atoms with Gasteiger partial charge in [0.05, 0.1) is 19.3 Å². The van der Waals surface area contributed by atoms with E-state index in [-0.39, 0.29) is 0 Å². The fraction of sp³-hybridized carbons (Fsp3) is 0.769. The Labute approximate surface area is 127 Å². The number of aryl methyl sites for hydroxylation is 1. The van der Waals surface area contributed by atoms with Gasteiger partial charge in [-0.15, -0.1) is 0 Å². The first kappa shape index (κ1) is 17.9. The summed E-state index contributed by atoms with van der Waals surface area (Å²) in [6.07, 6.45) is 3.28. The molecule has 0 aliphatic carbocycles. The van der Waals surface area contributed by atoms with Gasteiger partial charge in [-0.2, -0.15) is 22.5 Å². The van der Waals surface area contributed by atoms with Gasteiger partial charge in [-0.3, -0.25) is 4.68 Å². The van der Waals surface area contributed by atoms with Crippen LogP contribution in [0.3, 0.4) is 0 Å². The van der Waals surface area contributed by atoms with E-state index in [4.69, 9.17) is 4.74 Å². The summed E-state index contributed by atoms with van der Waals surface area (Å²) < 4.78 is 35.9. The van der Waals surface area contributed by atoms with Crippen molar-refractivity contribution in [3.8, 4) is 5.75 Å². The first-order valence-electron chi connectivity index (χ1n) is 7.20. The normalized spacial score (nSPS) is 13.6.